The minimum Gasteiger partial charge on any atom is -0.478 e. The molecule has 0 radical (unpaired) electrons. The highest BCUT2D eigenvalue weighted by atomic mass is 16.5. The number of carboxylic acid groups (broad SMARTS) is 1. The smallest absolute Gasteiger partial charge is 0.335 e. The van der Waals surface area contributed by atoms with Crippen LogP contribution < -0.4 is 0 Å². The van der Waals surface area contributed by atoms with Crippen molar-refractivity contribution < 1.29 is 24.0 Å². The number of hydrogen-bond acceptors (Lipinski definition) is 5. The Hall–Kier alpha value is -3.65. The summed E-state index contributed by atoms with van der Waals surface area (Å²) in [5.74, 6) is 0.485. The van der Waals surface area contributed by atoms with Gasteiger partial charge in [0.15, 0.2) is 0 Å². The van der Waals surface area contributed by atoms with Gasteiger partial charge in [0, 0.05) is 42.2 Å². The number of amides is 2. The first-order valence-corrected chi connectivity index (χ1v) is 14.5. The summed E-state index contributed by atoms with van der Waals surface area (Å²) in [6, 6.07) is 14.0. The summed E-state index contributed by atoms with van der Waals surface area (Å²) in [4.78, 5) is 29.2. The second kappa shape index (κ2) is 10.1. The number of aromatic carboxylic acids is 1. The molecule has 2 unspecified atom stereocenters. The van der Waals surface area contributed by atoms with Gasteiger partial charge in [-0.05, 0) is 80.7 Å². The van der Waals surface area contributed by atoms with Gasteiger partial charge in [0.05, 0.1) is 18.3 Å². The maximum atomic E-state index is 13.7. The van der Waals surface area contributed by atoms with Gasteiger partial charge < -0.3 is 24.2 Å². The minimum absolute atomic E-state index is 0.0780. The first kappa shape index (κ1) is 25.3. The van der Waals surface area contributed by atoms with Crippen molar-refractivity contribution in [3.05, 3.63) is 76.0 Å². The molecule has 1 aromatic heterocycles. The van der Waals surface area contributed by atoms with E-state index in [9.17, 15) is 14.7 Å². The SMILES string of the molecule is Cc1ccccc1-c1noc(C2CC2)c1COC1CC2CCC(C1)N2C(=O)N1CCc2ccc(C(=O)O)cc2C1. The van der Waals surface area contributed by atoms with Crippen LogP contribution in [0.15, 0.2) is 47.0 Å². The fourth-order valence-electron chi connectivity index (χ4n) is 6.97. The van der Waals surface area contributed by atoms with Crippen molar-refractivity contribution in [2.45, 2.75) is 89.1 Å². The van der Waals surface area contributed by atoms with E-state index in [4.69, 9.17) is 9.26 Å². The van der Waals surface area contributed by atoms with Crippen LogP contribution in [-0.4, -0.2) is 56.8 Å². The largest absolute Gasteiger partial charge is 0.478 e. The van der Waals surface area contributed by atoms with E-state index in [0.29, 0.717) is 25.6 Å². The third-order valence-electron chi connectivity index (χ3n) is 9.28. The molecule has 8 heteroatoms. The number of nitrogens with zero attached hydrogens (tertiary/aromatic N) is 3. The van der Waals surface area contributed by atoms with Gasteiger partial charge in [-0.2, -0.15) is 0 Å². The normalized spacial score (nSPS) is 23.8. The second-order valence-corrected chi connectivity index (χ2v) is 11.9. The fourth-order valence-corrected chi connectivity index (χ4v) is 6.97. The molecule has 1 N–H and O–H groups in total. The highest BCUT2D eigenvalue weighted by Gasteiger charge is 2.45. The molecule has 208 valence electrons. The van der Waals surface area contributed by atoms with Gasteiger partial charge >= 0.3 is 12.0 Å². The molecule has 2 amide bonds. The van der Waals surface area contributed by atoms with Gasteiger partial charge in [-0.25, -0.2) is 9.59 Å². The molecule has 8 nitrogen and oxygen atoms in total. The lowest BCUT2D eigenvalue weighted by atomic mass is 9.96. The van der Waals surface area contributed by atoms with E-state index in [0.717, 1.165) is 78.7 Å². The van der Waals surface area contributed by atoms with E-state index >= 15 is 0 Å². The number of aromatic nitrogens is 1. The first-order chi connectivity index (χ1) is 19.5. The number of ether oxygens (including phenoxy) is 1. The number of benzene rings is 2. The van der Waals surface area contributed by atoms with Gasteiger partial charge in [0.1, 0.15) is 11.5 Å². The van der Waals surface area contributed by atoms with Gasteiger partial charge in [0.25, 0.3) is 0 Å². The number of carbonyl (C=O) groups excluding carboxylic acids is 1. The van der Waals surface area contributed by atoms with Crippen molar-refractivity contribution in [2.75, 3.05) is 6.54 Å². The molecule has 2 aromatic carbocycles. The molecular weight excluding hydrogens is 506 g/mol. The summed E-state index contributed by atoms with van der Waals surface area (Å²) in [7, 11) is 0. The number of carbonyl (C=O) groups is 2. The monoisotopic (exact) mass is 541 g/mol. The van der Waals surface area contributed by atoms with E-state index in [1.54, 1.807) is 12.1 Å². The molecule has 1 saturated carbocycles. The average molecular weight is 542 g/mol. The van der Waals surface area contributed by atoms with Crippen LogP contribution in [0.5, 0.6) is 0 Å². The zero-order chi connectivity index (χ0) is 27.4. The van der Waals surface area contributed by atoms with E-state index in [1.807, 2.05) is 23.1 Å². The van der Waals surface area contributed by atoms with Crippen molar-refractivity contribution in [1.29, 1.82) is 0 Å². The van der Waals surface area contributed by atoms with Crippen molar-refractivity contribution in [3.8, 4) is 11.3 Å². The minimum atomic E-state index is -0.937. The maximum absolute atomic E-state index is 13.7. The Labute approximate surface area is 233 Å². The molecular formula is C32H35N3O5. The lowest BCUT2D eigenvalue weighted by molar-refractivity contribution is -0.0212. The van der Waals surface area contributed by atoms with Crippen LogP contribution >= 0.6 is 0 Å². The number of fused-ring (bicyclic) bond motifs is 3. The number of urea groups is 1. The van der Waals surface area contributed by atoms with Crippen LogP contribution in [0.3, 0.4) is 0 Å². The summed E-state index contributed by atoms with van der Waals surface area (Å²) in [5.41, 5.74) is 6.58. The summed E-state index contributed by atoms with van der Waals surface area (Å²) in [6.45, 7) is 3.70. The summed E-state index contributed by atoms with van der Waals surface area (Å²) >= 11 is 0. The number of piperidine rings is 1. The Morgan fingerprint density at radius 2 is 1.82 bits per heavy atom. The van der Waals surface area contributed by atoms with E-state index < -0.39 is 5.97 Å². The van der Waals surface area contributed by atoms with Gasteiger partial charge in [-0.1, -0.05) is 35.5 Å². The fraction of sp³-hybridized carbons (Fsp3) is 0.469. The van der Waals surface area contributed by atoms with Crippen LogP contribution in [0.4, 0.5) is 4.79 Å². The molecule has 1 aliphatic carbocycles. The summed E-state index contributed by atoms with van der Waals surface area (Å²) < 4.78 is 12.4. The molecule has 4 heterocycles. The third kappa shape index (κ3) is 4.58. The van der Waals surface area contributed by atoms with E-state index in [1.165, 1.54) is 5.56 Å². The Balaban J connectivity index is 1.03. The first-order valence-electron chi connectivity index (χ1n) is 14.5. The number of rotatable bonds is 6. The molecule has 7 rings (SSSR count). The third-order valence-corrected chi connectivity index (χ3v) is 9.28. The van der Waals surface area contributed by atoms with Crippen molar-refractivity contribution in [3.63, 3.8) is 0 Å². The van der Waals surface area contributed by atoms with Crippen molar-refractivity contribution in [1.82, 2.24) is 15.0 Å². The second-order valence-electron chi connectivity index (χ2n) is 11.9. The molecule has 3 aliphatic heterocycles. The Bertz CT molecular complexity index is 1450. The Morgan fingerprint density at radius 3 is 2.55 bits per heavy atom. The van der Waals surface area contributed by atoms with Gasteiger partial charge in [0.2, 0.25) is 0 Å². The number of carboxylic acids is 1. The standard InChI is InChI=1S/C32H35N3O5/c1-19-4-2-3-5-27(19)29-28(30(40-33-29)21-7-8-21)18-39-26-15-24-10-11-25(16-26)35(24)32(38)34-13-12-20-6-9-22(31(36)37)14-23(20)17-34/h2-6,9,14,21,24-26H,7-8,10-13,15-18H2,1H3,(H,36,37). The predicted octanol–water partition coefficient (Wildman–Crippen LogP) is 5.92. The van der Waals surface area contributed by atoms with Crippen LogP contribution in [0.25, 0.3) is 11.3 Å². The zero-order valence-corrected chi connectivity index (χ0v) is 22.8. The van der Waals surface area contributed by atoms with Crippen molar-refractivity contribution >= 4 is 12.0 Å². The molecule has 2 atom stereocenters. The van der Waals surface area contributed by atoms with E-state index in [2.05, 4.69) is 29.1 Å². The summed E-state index contributed by atoms with van der Waals surface area (Å²) in [6.07, 6.45) is 6.78. The van der Waals surface area contributed by atoms with Gasteiger partial charge in [-0.15, -0.1) is 0 Å². The van der Waals surface area contributed by atoms with Crippen LogP contribution in [-0.2, 0) is 24.3 Å². The van der Waals surface area contributed by atoms with Crippen LogP contribution in [0.1, 0.15) is 82.8 Å². The van der Waals surface area contributed by atoms with E-state index in [-0.39, 0.29) is 29.8 Å². The molecule has 4 aliphatic rings. The van der Waals surface area contributed by atoms with Crippen LogP contribution in [0.2, 0.25) is 0 Å². The molecule has 40 heavy (non-hydrogen) atoms. The Kier molecular flexibility index (Phi) is 6.38. The Morgan fingerprint density at radius 1 is 1.05 bits per heavy atom. The summed E-state index contributed by atoms with van der Waals surface area (Å²) in [5, 5.41) is 13.9. The molecule has 2 bridgehead atoms. The average Bonchev–Trinajstić information content (AvgIpc) is 3.67. The predicted molar refractivity (Wildman–Crippen MR) is 148 cm³/mol. The van der Waals surface area contributed by atoms with Crippen molar-refractivity contribution in [2.24, 2.45) is 0 Å². The number of hydrogen-bond donors (Lipinski definition) is 1. The molecule has 3 fully saturated rings. The lowest BCUT2D eigenvalue weighted by Crippen LogP contribution is -2.54. The molecule has 3 aromatic rings. The molecule has 0 spiro atoms. The zero-order valence-electron chi connectivity index (χ0n) is 22.8. The van der Waals surface area contributed by atoms with Crippen LogP contribution in [0, 0.1) is 6.92 Å². The number of aryl methyl sites for hydroxylation is 1. The lowest BCUT2D eigenvalue weighted by Gasteiger charge is -2.42. The van der Waals surface area contributed by atoms with Gasteiger partial charge in [-0.3, -0.25) is 0 Å². The highest BCUT2D eigenvalue weighted by molar-refractivity contribution is 5.88. The topological polar surface area (TPSA) is 96.1 Å². The quantitative estimate of drug-likeness (QED) is 0.416. The maximum Gasteiger partial charge on any atom is 0.335 e. The highest BCUT2D eigenvalue weighted by Crippen LogP contribution is 2.45. The molecule has 2 saturated heterocycles.